The molecule has 3 aromatic carbocycles. The second-order valence-corrected chi connectivity index (χ2v) is 7.60. The van der Waals surface area contributed by atoms with Gasteiger partial charge in [-0.05, 0) is 29.8 Å². The fourth-order valence-electron chi connectivity index (χ4n) is 3.83. The number of para-hydroxylation sites is 1. The number of esters is 1. The third-order valence-electron chi connectivity index (χ3n) is 5.37. The van der Waals surface area contributed by atoms with E-state index in [-0.39, 0.29) is 23.3 Å². The van der Waals surface area contributed by atoms with Crippen molar-refractivity contribution in [3.8, 4) is 22.6 Å². The van der Waals surface area contributed by atoms with E-state index in [2.05, 4.69) is 0 Å². The average molecular weight is 454 g/mol. The topological polar surface area (TPSA) is 96.0 Å². The van der Waals surface area contributed by atoms with Crippen molar-refractivity contribution < 1.29 is 23.1 Å². The van der Waals surface area contributed by atoms with E-state index in [1.165, 1.54) is 19.2 Å². The molecule has 5 aromatic rings. The summed E-state index contributed by atoms with van der Waals surface area (Å²) in [6, 6.07) is 22.0. The predicted molar refractivity (Wildman–Crippen MR) is 126 cm³/mol. The van der Waals surface area contributed by atoms with Crippen LogP contribution < -0.4 is 20.7 Å². The van der Waals surface area contributed by atoms with E-state index in [9.17, 15) is 14.4 Å². The highest BCUT2D eigenvalue weighted by molar-refractivity contribution is 5.96. The van der Waals surface area contributed by atoms with Crippen molar-refractivity contribution >= 4 is 27.9 Å². The van der Waals surface area contributed by atoms with Crippen LogP contribution in [0.5, 0.6) is 11.5 Å². The fraction of sp³-hybridized carbons (Fsp3) is 0.0741. The summed E-state index contributed by atoms with van der Waals surface area (Å²) in [6.07, 6.45) is 0.102. The zero-order chi connectivity index (χ0) is 23.7. The number of fused-ring (bicyclic) bond motifs is 2. The molecule has 7 nitrogen and oxygen atoms in total. The molecular formula is C27H18O7. The largest absolute Gasteiger partial charge is 0.493 e. The summed E-state index contributed by atoms with van der Waals surface area (Å²) in [5.41, 5.74) is 0.597. The van der Waals surface area contributed by atoms with Gasteiger partial charge in [-0.15, -0.1) is 0 Å². The van der Waals surface area contributed by atoms with Gasteiger partial charge in [0.1, 0.15) is 11.3 Å². The molecule has 0 bridgehead atoms. The maximum Gasteiger partial charge on any atom is 0.344 e. The van der Waals surface area contributed by atoms with Gasteiger partial charge in [-0.3, -0.25) is 4.79 Å². The first-order valence-corrected chi connectivity index (χ1v) is 10.5. The molecule has 0 unspecified atom stereocenters. The molecule has 0 saturated heterocycles. The lowest BCUT2D eigenvalue weighted by molar-refractivity contribution is -0.133. The molecular weight excluding hydrogens is 436 g/mol. The smallest absolute Gasteiger partial charge is 0.344 e. The molecule has 0 fully saturated rings. The first-order valence-electron chi connectivity index (χ1n) is 10.5. The molecule has 0 saturated carbocycles. The van der Waals surface area contributed by atoms with Crippen molar-refractivity contribution in [1.82, 2.24) is 0 Å². The van der Waals surface area contributed by atoms with Crippen LogP contribution in [0.2, 0.25) is 0 Å². The average Bonchev–Trinajstić information content (AvgIpc) is 2.83. The highest BCUT2D eigenvalue weighted by Crippen LogP contribution is 2.31. The van der Waals surface area contributed by atoms with Gasteiger partial charge in [-0.2, -0.15) is 0 Å². The number of carbonyl (C=O) groups excluding carboxylic acids is 1. The van der Waals surface area contributed by atoms with Crippen molar-refractivity contribution in [2.45, 2.75) is 6.42 Å². The lowest BCUT2D eigenvalue weighted by Gasteiger charge is -2.09. The van der Waals surface area contributed by atoms with Gasteiger partial charge in [0.2, 0.25) is 0 Å². The standard InChI is InChI=1S/C27H18O7/c1-31-22-9-5-8-17-13-21(27(30)34-26(17)22)20-15-25(29)33-23-14-18(10-11-19(20)23)32-24(28)12-16-6-3-2-4-7-16/h2-11,13-15H,12H2,1H3. The molecule has 0 N–H and O–H groups in total. The highest BCUT2D eigenvalue weighted by atomic mass is 16.5. The molecule has 0 radical (unpaired) electrons. The molecule has 0 aliphatic heterocycles. The van der Waals surface area contributed by atoms with Gasteiger partial charge in [0.15, 0.2) is 11.3 Å². The Morgan fingerprint density at radius 2 is 1.68 bits per heavy atom. The van der Waals surface area contributed by atoms with E-state index >= 15 is 0 Å². The number of carbonyl (C=O) groups is 1. The van der Waals surface area contributed by atoms with E-state index in [0.29, 0.717) is 27.7 Å². The molecule has 0 aliphatic rings. The highest BCUT2D eigenvalue weighted by Gasteiger charge is 2.16. The Hall–Kier alpha value is -4.65. The molecule has 7 heteroatoms. The third kappa shape index (κ3) is 4.06. The zero-order valence-corrected chi connectivity index (χ0v) is 18.1. The number of rotatable bonds is 5. The molecule has 5 rings (SSSR count). The molecule has 0 atom stereocenters. The minimum atomic E-state index is -0.652. The predicted octanol–water partition coefficient (Wildman–Crippen LogP) is 4.72. The van der Waals surface area contributed by atoms with Gasteiger partial charge >= 0.3 is 17.2 Å². The number of hydrogen-bond donors (Lipinski definition) is 0. The van der Waals surface area contributed by atoms with Crippen LogP contribution in [0.15, 0.2) is 97.3 Å². The summed E-state index contributed by atoms with van der Waals surface area (Å²) in [7, 11) is 1.49. The van der Waals surface area contributed by atoms with Gasteiger partial charge in [-0.1, -0.05) is 42.5 Å². The maximum atomic E-state index is 12.8. The van der Waals surface area contributed by atoms with Crippen LogP contribution in [0, 0.1) is 0 Å². The summed E-state index contributed by atoms with van der Waals surface area (Å²) in [5, 5.41) is 1.14. The summed E-state index contributed by atoms with van der Waals surface area (Å²) in [5.74, 6) is 0.206. The van der Waals surface area contributed by atoms with E-state index in [1.54, 1.807) is 36.4 Å². The van der Waals surface area contributed by atoms with Crippen molar-refractivity contribution in [3.63, 3.8) is 0 Å². The van der Waals surface area contributed by atoms with Crippen LogP contribution in [0.3, 0.4) is 0 Å². The Morgan fingerprint density at radius 1 is 0.853 bits per heavy atom. The van der Waals surface area contributed by atoms with Gasteiger partial charge in [0.05, 0.1) is 19.1 Å². The molecule has 0 spiro atoms. The van der Waals surface area contributed by atoms with Crippen molar-refractivity contribution in [3.05, 3.63) is 105 Å². The maximum absolute atomic E-state index is 12.8. The molecule has 0 aliphatic carbocycles. The number of methoxy groups -OCH3 is 1. The van der Waals surface area contributed by atoms with Crippen molar-refractivity contribution in [2.24, 2.45) is 0 Å². The first-order chi connectivity index (χ1) is 16.5. The van der Waals surface area contributed by atoms with E-state index in [1.807, 2.05) is 30.3 Å². The molecule has 0 amide bonds. The molecule has 34 heavy (non-hydrogen) atoms. The third-order valence-corrected chi connectivity index (χ3v) is 5.37. The van der Waals surface area contributed by atoms with Crippen LogP contribution in [0.4, 0.5) is 0 Å². The normalized spacial score (nSPS) is 11.0. The number of hydrogen-bond acceptors (Lipinski definition) is 7. The second-order valence-electron chi connectivity index (χ2n) is 7.60. The zero-order valence-electron chi connectivity index (χ0n) is 18.1. The molecule has 2 aromatic heterocycles. The van der Waals surface area contributed by atoms with Crippen LogP contribution in [0.1, 0.15) is 5.56 Å². The number of benzene rings is 3. The van der Waals surface area contributed by atoms with Gasteiger partial charge in [-0.25, -0.2) is 9.59 Å². The first kappa shape index (κ1) is 21.2. The minimum Gasteiger partial charge on any atom is -0.493 e. The van der Waals surface area contributed by atoms with Crippen LogP contribution in [-0.4, -0.2) is 13.1 Å². The van der Waals surface area contributed by atoms with Crippen molar-refractivity contribution in [1.29, 1.82) is 0 Å². The second kappa shape index (κ2) is 8.71. The Kier molecular flexibility index (Phi) is 5.43. The van der Waals surface area contributed by atoms with Gasteiger partial charge < -0.3 is 18.3 Å². The monoisotopic (exact) mass is 454 g/mol. The molecule has 2 heterocycles. The van der Waals surface area contributed by atoms with Crippen LogP contribution in [-0.2, 0) is 11.2 Å². The SMILES string of the molecule is COc1cccc2cc(-c3cc(=O)oc4cc(OC(=O)Cc5ccccc5)ccc34)c(=O)oc12. The van der Waals surface area contributed by atoms with E-state index < -0.39 is 17.2 Å². The Balaban J connectivity index is 1.54. The van der Waals surface area contributed by atoms with Gasteiger partial charge in [0.25, 0.3) is 0 Å². The van der Waals surface area contributed by atoms with E-state index in [0.717, 1.165) is 5.56 Å². The van der Waals surface area contributed by atoms with E-state index in [4.69, 9.17) is 18.3 Å². The number of ether oxygens (including phenoxy) is 2. The fourth-order valence-corrected chi connectivity index (χ4v) is 3.83. The Labute approximate surface area is 192 Å². The quantitative estimate of drug-likeness (QED) is 0.215. The summed E-state index contributed by atoms with van der Waals surface area (Å²) >= 11 is 0. The van der Waals surface area contributed by atoms with Crippen LogP contribution in [0.25, 0.3) is 33.1 Å². The summed E-state index contributed by atoms with van der Waals surface area (Å²) in [6.45, 7) is 0. The van der Waals surface area contributed by atoms with Crippen LogP contribution >= 0.6 is 0 Å². The molecule has 168 valence electrons. The lowest BCUT2D eigenvalue weighted by Crippen LogP contribution is -2.11. The summed E-state index contributed by atoms with van der Waals surface area (Å²) < 4.78 is 21.5. The summed E-state index contributed by atoms with van der Waals surface area (Å²) in [4.78, 5) is 37.4. The minimum absolute atomic E-state index is 0.102. The van der Waals surface area contributed by atoms with Crippen molar-refractivity contribution in [2.75, 3.05) is 7.11 Å². The Bertz CT molecular complexity index is 1650. The Morgan fingerprint density at radius 3 is 2.47 bits per heavy atom. The lowest BCUT2D eigenvalue weighted by atomic mass is 10.0. The van der Waals surface area contributed by atoms with Gasteiger partial charge in [0, 0.05) is 28.5 Å².